The Morgan fingerprint density at radius 2 is 1.76 bits per heavy atom. The van der Waals surface area contributed by atoms with Crippen LogP contribution in [0.2, 0.25) is 0 Å². The number of likely N-dealkylation sites (tertiary alicyclic amines) is 1. The molecule has 184 valence electrons. The summed E-state index contributed by atoms with van der Waals surface area (Å²) in [5, 5.41) is 3.08. The van der Waals surface area contributed by atoms with Gasteiger partial charge in [0.1, 0.15) is 5.69 Å². The van der Waals surface area contributed by atoms with Gasteiger partial charge in [-0.2, -0.15) is 0 Å². The first kappa shape index (κ1) is 25.2. The SMILES string of the molecule is CCOC(=O)c1c(C)[nH]c(C(=O)N2CCC[C@@H](C(=O)NCCN3CCN(CC)CC3)C2)c1C. The van der Waals surface area contributed by atoms with E-state index in [2.05, 4.69) is 27.0 Å². The van der Waals surface area contributed by atoms with Crippen molar-refractivity contribution in [3.05, 3.63) is 22.5 Å². The third-order valence-corrected chi connectivity index (χ3v) is 6.85. The molecular weight excluding hydrogens is 422 g/mol. The van der Waals surface area contributed by atoms with Gasteiger partial charge in [0, 0.05) is 58.1 Å². The van der Waals surface area contributed by atoms with Gasteiger partial charge in [0.05, 0.1) is 18.1 Å². The zero-order valence-electron chi connectivity index (χ0n) is 20.5. The number of esters is 1. The van der Waals surface area contributed by atoms with Gasteiger partial charge in [0.25, 0.3) is 5.91 Å². The van der Waals surface area contributed by atoms with Crippen molar-refractivity contribution >= 4 is 17.8 Å². The summed E-state index contributed by atoms with van der Waals surface area (Å²) in [5.41, 5.74) is 2.06. The van der Waals surface area contributed by atoms with Gasteiger partial charge in [-0.05, 0) is 45.7 Å². The molecule has 2 aliphatic rings. The Balaban J connectivity index is 1.52. The van der Waals surface area contributed by atoms with Gasteiger partial charge >= 0.3 is 5.97 Å². The molecule has 2 amide bonds. The molecule has 0 unspecified atom stereocenters. The summed E-state index contributed by atoms with van der Waals surface area (Å²) in [4.78, 5) is 47.9. The zero-order chi connectivity index (χ0) is 24.0. The summed E-state index contributed by atoms with van der Waals surface area (Å²) in [5.74, 6) is -0.779. The number of aromatic nitrogens is 1. The van der Waals surface area contributed by atoms with Crippen LogP contribution >= 0.6 is 0 Å². The molecule has 0 saturated carbocycles. The van der Waals surface area contributed by atoms with E-state index in [1.54, 1.807) is 25.7 Å². The van der Waals surface area contributed by atoms with E-state index >= 15 is 0 Å². The van der Waals surface area contributed by atoms with Gasteiger partial charge in [0.15, 0.2) is 0 Å². The van der Waals surface area contributed by atoms with Crippen molar-refractivity contribution in [3.8, 4) is 0 Å². The van der Waals surface area contributed by atoms with Crippen molar-refractivity contribution in [1.82, 2.24) is 25.0 Å². The maximum atomic E-state index is 13.2. The third-order valence-electron chi connectivity index (χ3n) is 6.85. The van der Waals surface area contributed by atoms with E-state index in [9.17, 15) is 14.4 Å². The molecule has 33 heavy (non-hydrogen) atoms. The first-order chi connectivity index (χ1) is 15.8. The van der Waals surface area contributed by atoms with Crippen LogP contribution in [-0.4, -0.2) is 103 Å². The molecule has 9 nitrogen and oxygen atoms in total. The normalized spacial score (nSPS) is 20.0. The predicted molar refractivity (Wildman–Crippen MR) is 126 cm³/mol. The summed E-state index contributed by atoms with van der Waals surface area (Å²) in [6.45, 7) is 15.6. The monoisotopic (exact) mass is 461 g/mol. The van der Waals surface area contributed by atoms with Gasteiger partial charge < -0.3 is 24.8 Å². The maximum absolute atomic E-state index is 13.2. The first-order valence-corrected chi connectivity index (χ1v) is 12.2. The topological polar surface area (TPSA) is 98.0 Å². The second kappa shape index (κ2) is 11.7. The number of amides is 2. The van der Waals surface area contributed by atoms with E-state index in [1.165, 1.54) is 0 Å². The first-order valence-electron chi connectivity index (χ1n) is 12.2. The summed E-state index contributed by atoms with van der Waals surface area (Å²) in [6.07, 6.45) is 1.56. The molecule has 9 heteroatoms. The summed E-state index contributed by atoms with van der Waals surface area (Å²) in [6, 6.07) is 0. The van der Waals surface area contributed by atoms with Crippen LogP contribution in [0.25, 0.3) is 0 Å². The van der Waals surface area contributed by atoms with Crippen LogP contribution in [0.3, 0.4) is 0 Å². The fraction of sp³-hybridized carbons (Fsp3) is 0.708. The maximum Gasteiger partial charge on any atom is 0.340 e. The number of hydrogen-bond donors (Lipinski definition) is 2. The summed E-state index contributed by atoms with van der Waals surface area (Å²) >= 11 is 0. The summed E-state index contributed by atoms with van der Waals surface area (Å²) in [7, 11) is 0. The molecule has 0 spiro atoms. The molecule has 2 N–H and O–H groups in total. The standard InChI is InChI=1S/C24H39N5O4/c1-5-27-12-14-28(15-13-27)11-9-25-22(30)19-8-7-10-29(16-19)23(31)21-17(3)20(18(4)26-21)24(32)33-6-2/h19,26H,5-16H2,1-4H3,(H,25,30)/t19-/m1/s1. The smallest absolute Gasteiger partial charge is 0.340 e. The van der Waals surface area contributed by atoms with Crippen molar-refractivity contribution in [2.45, 2.75) is 40.5 Å². The highest BCUT2D eigenvalue weighted by atomic mass is 16.5. The van der Waals surface area contributed by atoms with Crippen LogP contribution in [0.5, 0.6) is 0 Å². The fourth-order valence-electron chi connectivity index (χ4n) is 4.82. The number of piperazine rings is 1. The highest BCUT2D eigenvalue weighted by Crippen LogP contribution is 2.23. The second-order valence-electron chi connectivity index (χ2n) is 9.00. The van der Waals surface area contributed by atoms with Crippen LogP contribution in [0.4, 0.5) is 0 Å². The third kappa shape index (κ3) is 6.14. The average Bonchev–Trinajstić information content (AvgIpc) is 3.12. The molecule has 0 bridgehead atoms. The number of nitrogens with zero attached hydrogens (tertiary/aromatic N) is 3. The molecule has 3 rings (SSSR count). The molecule has 2 aliphatic heterocycles. The number of nitrogens with one attached hydrogen (secondary N) is 2. The Morgan fingerprint density at radius 1 is 1.06 bits per heavy atom. The number of aryl methyl sites for hydroxylation is 1. The number of piperidine rings is 1. The molecule has 0 radical (unpaired) electrons. The Hall–Kier alpha value is -2.39. The van der Waals surface area contributed by atoms with Crippen molar-refractivity contribution in [1.29, 1.82) is 0 Å². The Bertz CT molecular complexity index is 844. The van der Waals surface area contributed by atoms with Gasteiger partial charge in [-0.1, -0.05) is 6.92 Å². The fourth-order valence-corrected chi connectivity index (χ4v) is 4.82. The number of H-pyrrole nitrogens is 1. The Labute approximate surface area is 196 Å². The molecule has 2 saturated heterocycles. The van der Waals surface area contributed by atoms with E-state index in [1.807, 2.05) is 0 Å². The number of carbonyl (C=O) groups is 3. The van der Waals surface area contributed by atoms with E-state index in [0.717, 1.165) is 52.1 Å². The van der Waals surface area contributed by atoms with Crippen molar-refractivity contribution in [2.24, 2.45) is 5.92 Å². The summed E-state index contributed by atoms with van der Waals surface area (Å²) < 4.78 is 5.13. The van der Waals surface area contributed by atoms with E-state index in [4.69, 9.17) is 4.74 Å². The number of aromatic amines is 1. The van der Waals surface area contributed by atoms with Crippen LogP contribution in [-0.2, 0) is 9.53 Å². The molecule has 1 aromatic rings. The highest BCUT2D eigenvalue weighted by Gasteiger charge is 2.31. The van der Waals surface area contributed by atoms with Crippen LogP contribution in [0.1, 0.15) is 58.8 Å². The molecular formula is C24H39N5O4. The second-order valence-corrected chi connectivity index (χ2v) is 9.00. The van der Waals surface area contributed by atoms with Gasteiger partial charge in [-0.25, -0.2) is 4.79 Å². The average molecular weight is 462 g/mol. The van der Waals surface area contributed by atoms with E-state index in [-0.39, 0.29) is 24.3 Å². The van der Waals surface area contributed by atoms with E-state index < -0.39 is 5.97 Å². The minimum Gasteiger partial charge on any atom is -0.462 e. The lowest BCUT2D eigenvalue weighted by molar-refractivity contribution is -0.126. The van der Waals surface area contributed by atoms with Crippen molar-refractivity contribution in [2.75, 3.05) is 65.5 Å². The van der Waals surface area contributed by atoms with Gasteiger partial charge in [-0.3, -0.25) is 14.5 Å². The zero-order valence-corrected chi connectivity index (χ0v) is 20.5. The number of ether oxygens (including phenoxy) is 1. The molecule has 3 heterocycles. The van der Waals surface area contributed by atoms with Crippen LogP contribution in [0.15, 0.2) is 0 Å². The molecule has 2 fully saturated rings. The number of carbonyl (C=O) groups excluding carboxylic acids is 3. The molecule has 1 aromatic heterocycles. The van der Waals surface area contributed by atoms with Gasteiger partial charge in [-0.15, -0.1) is 0 Å². The minimum absolute atomic E-state index is 0.0197. The Morgan fingerprint density at radius 3 is 2.42 bits per heavy atom. The highest BCUT2D eigenvalue weighted by molar-refractivity contribution is 6.00. The largest absolute Gasteiger partial charge is 0.462 e. The van der Waals surface area contributed by atoms with E-state index in [0.29, 0.717) is 42.1 Å². The molecule has 0 aliphatic carbocycles. The van der Waals surface area contributed by atoms with Crippen molar-refractivity contribution in [3.63, 3.8) is 0 Å². The number of likely N-dealkylation sites (N-methyl/N-ethyl adjacent to an activating group) is 1. The number of hydrogen-bond acceptors (Lipinski definition) is 6. The lowest BCUT2D eigenvalue weighted by atomic mass is 9.96. The van der Waals surface area contributed by atoms with Crippen LogP contribution < -0.4 is 5.32 Å². The molecule has 0 aromatic carbocycles. The quantitative estimate of drug-likeness (QED) is 0.568. The number of rotatable bonds is 8. The minimum atomic E-state index is -0.421. The lowest BCUT2D eigenvalue weighted by Crippen LogP contribution is -2.49. The van der Waals surface area contributed by atoms with Crippen molar-refractivity contribution < 1.29 is 19.1 Å². The molecule has 1 atom stereocenters. The lowest BCUT2D eigenvalue weighted by Gasteiger charge is -2.34. The van der Waals surface area contributed by atoms with Gasteiger partial charge in [0.2, 0.25) is 5.91 Å². The predicted octanol–water partition coefficient (Wildman–Crippen LogP) is 1.41. The Kier molecular flexibility index (Phi) is 8.91. The van der Waals surface area contributed by atoms with Crippen LogP contribution in [0, 0.1) is 19.8 Å².